The van der Waals surface area contributed by atoms with E-state index in [0.29, 0.717) is 34.3 Å². The number of benzene rings is 2. The number of amides is 3. The first-order valence-corrected chi connectivity index (χ1v) is 11.0. The van der Waals surface area contributed by atoms with E-state index in [1.165, 1.54) is 11.8 Å². The summed E-state index contributed by atoms with van der Waals surface area (Å²) in [5.41, 5.74) is 1.97. The minimum Gasteiger partial charge on any atom is -0.322 e. The van der Waals surface area contributed by atoms with Gasteiger partial charge in [-0.2, -0.15) is 0 Å². The summed E-state index contributed by atoms with van der Waals surface area (Å²) < 4.78 is 0. The van der Waals surface area contributed by atoms with Gasteiger partial charge in [-0.15, -0.1) is 0 Å². The highest BCUT2D eigenvalue weighted by Crippen LogP contribution is 2.65. The Morgan fingerprint density at radius 1 is 0.875 bits per heavy atom. The molecule has 0 spiro atoms. The second kappa shape index (κ2) is 6.73. The van der Waals surface area contributed by atoms with Gasteiger partial charge in [0.25, 0.3) is 5.91 Å². The van der Waals surface area contributed by atoms with E-state index in [9.17, 15) is 19.2 Å². The van der Waals surface area contributed by atoms with Crippen molar-refractivity contribution in [3.63, 3.8) is 0 Å². The Morgan fingerprint density at radius 3 is 2.09 bits per heavy atom. The zero-order valence-corrected chi connectivity index (χ0v) is 17.5. The smallest absolute Gasteiger partial charge is 0.255 e. The summed E-state index contributed by atoms with van der Waals surface area (Å²) in [6.45, 7) is 1.47. The molecule has 1 aliphatic heterocycles. The summed E-state index contributed by atoms with van der Waals surface area (Å²) in [6, 6.07) is 13.3. The number of hydrogen-bond donors (Lipinski definition) is 1. The van der Waals surface area contributed by atoms with Gasteiger partial charge in [0.2, 0.25) is 11.8 Å². The number of nitrogens with one attached hydrogen (secondary N) is 1. The molecule has 6 atom stereocenters. The zero-order chi connectivity index (χ0) is 22.1. The monoisotopic (exact) mass is 426 g/mol. The largest absolute Gasteiger partial charge is 0.322 e. The summed E-state index contributed by atoms with van der Waals surface area (Å²) in [6.07, 6.45) is 5.45. The van der Waals surface area contributed by atoms with Crippen LogP contribution in [0.15, 0.2) is 60.7 Å². The van der Waals surface area contributed by atoms with E-state index >= 15 is 0 Å². The number of ketones is 1. The highest BCUT2D eigenvalue weighted by Gasteiger charge is 2.67. The summed E-state index contributed by atoms with van der Waals surface area (Å²) in [5.74, 6) is 0.409. The predicted octanol–water partition coefficient (Wildman–Crippen LogP) is 3.70. The number of Topliss-reactive ketones (excluding diaryl/α,β-unsaturated/α-hetero) is 1. The molecule has 0 aromatic heterocycles. The average Bonchev–Trinajstić information content (AvgIpc) is 3.57. The molecule has 7 rings (SSSR count). The van der Waals surface area contributed by atoms with Crippen LogP contribution in [0.2, 0.25) is 0 Å². The Labute approximate surface area is 185 Å². The fourth-order valence-electron chi connectivity index (χ4n) is 5.99. The Kier molecular flexibility index (Phi) is 4.03. The van der Waals surface area contributed by atoms with E-state index in [1.54, 1.807) is 48.5 Å². The molecule has 2 aromatic rings. The van der Waals surface area contributed by atoms with E-state index in [0.717, 1.165) is 6.42 Å². The molecule has 1 saturated heterocycles. The molecule has 2 bridgehead atoms. The molecule has 1 heterocycles. The molecule has 0 radical (unpaired) electrons. The second-order valence-electron chi connectivity index (χ2n) is 9.30. The van der Waals surface area contributed by atoms with Gasteiger partial charge in [-0.05, 0) is 73.4 Å². The molecule has 1 N–H and O–H groups in total. The predicted molar refractivity (Wildman–Crippen MR) is 118 cm³/mol. The van der Waals surface area contributed by atoms with Crippen LogP contribution in [0.4, 0.5) is 11.4 Å². The molecule has 32 heavy (non-hydrogen) atoms. The van der Waals surface area contributed by atoms with Crippen molar-refractivity contribution < 1.29 is 19.2 Å². The van der Waals surface area contributed by atoms with Crippen molar-refractivity contribution in [3.05, 3.63) is 71.8 Å². The van der Waals surface area contributed by atoms with Gasteiger partial charge >= 0.3 is 0 Å². The van der Waals surface area contributed by atoms with Crippen molar-refractivity contribution in [1.82, 2.24) is 0 Å². The molecule has 160 valence electrons. The maximum atomic E-state index is 13.2. The number of nitrogens with zero attached hydrogens (tertiary/aromatic N) is 1. The van der Waals surface area contributed by atoms with Crippen LogP contribution in [-0.4, -0.2) is 23.5 Å². The Morgan fingerprint density at radius 2 is 1.50 bits per heavy atom. The van der Waals surface area contributed by atoms with E-state index in [1.807, 2.05) is 0 Å². The van der Waals surface area contributed by atoms with Crippen LogP contribution in [0.1, 0.15) is 34.1 Å². The Hall–Kier alpha value is -3.54. The number of anilines is 2. The zero-order valence-electron chi connectivity index (χ0n) is 17.5. The number of carbonyl (C=O) groups is 4. The maximum absolute atomic E-state index is 13.2. The van der Waals surface area contributed by atoms with Crippen LogP contribution in [0.25, 0.3) is 0 Å². The average molecular weight is 426 g/mol. The summed E-state index contributed by atoms with van der Waals surface area (Å²) in [5, 5.41) is 2.78. The fraction of sp³-hybridized carbons (Fsp3) is 0.308. The number of imide groups is 1. The van der Waals surface area contributed by atoms with Gasteiger partial charge < -0.3 is 5.32 Å². The topological polar surface area (TPSA) is 83.6 Å². The van der Waals surface area contributed by atoms with Crippen molar-refractivity contribution in [1.29, 1.82) is 0 Å². The van der Waals surface area contributed by atoms with Crippen molar-refractivity contribution in [2.45, 2.75) is 13.3 Å². The standard InChI is InChI=1S/C26H22N2O4/c1-13(29)15-3-2-4-16(11-15)27-24(30)14-5-7-17(8-6-14)28-25(31)22-18-9-10-19(21-12-20(18)21)23(22)26(28)32/h2-11,18-23H,12H2,1H3,(H,27,30). The number of carbonyl (C=O) groups excluding carboxylic acids is 4. The lowest BCUT2D eigenvalue weighted by Crippen LogP contribution is -2.40. The minimum atomic E-state index is -0.327. The molecule has 6 unspecified atom stereocenters. The van der Waals surface area contributed by atoms with Crippen LogP contribution in [0, 0.1) is 35.5 Å². The minimum absolute atomic E-state index is 0.0769. The molecule has 2 saturated carbocycles. The molecule has 3 amide bonds. The van der Waals surface area contributed by atoms with E-state index in [4.69, 9.17) is 0 Å². The van der Waals surface area contributed by atoms with Crippen molar-refractivity contribution >= 4 is 34.9 Å². The summed E-state index contributed by atoms with van der Waals surface area (Å²) in [7, 11) is 0. The number of allylic oxidation sites excluding steroid dienone is 2. The molecule has 3 fully saturated rings. The maximum Gasteiger partial charge on any atom is 0.255 e. The first-order chi connectivity index (χ1) is 15.4. The van der Waals surface area contributed by atoms with Crippen LogP contribution >= 0.6 is 0 Å². The van der Waals surface area contributed by atoms with Crippen LogP contribution < -0.4 is 10.2 Å². The van der Waals surface area contributed by atoms with Gasteiger partial charge in [-0.25, -0.2) is 0 Å². The van der Waals surface area contributed by atoms with Crippen molar-refractivity contribution in [2.75, 3.05) is 10.2 Å². The lowest BCUT2D eigenvalue weighted by Gasteiger charge is -2.37. The SMILES string of the molecule is CC(=O)c1cccc(NC(=O)c2ccc(N3C(=O)C4C5C=CC(C6CC56)C4C3=O)cc2)c1. The van der Waals surface area contributed by atoms with E-state index < -0.39 is 0 Å². The normalized spacial score (nSPS) is 31.3. The van der Waals surface area contributed by atoms with Gasteiger partial charge in [-0.1, -0.05) is 24.3 Å². The van der Waals surface area contributed by atoms with Crippen molar-refractivity contribution in [3.8, 4) is 0 Å². The van der Waals surface area contributed by atoms with Gasteiger partial charge in [-0.3, -0.25) is 24.1 Å². The third kappa shape index (κ3) is 2.72. The molecular weight excluding hydrogens is 404 g/mol. The molecule has 2 aromatic carbocycles. The van der Waals surface area contributed by atoms with Gasteiger partial charge in [0.1, 0.15) is 0 Å². The quantitative estimate of drug-likeness (QED) is 0.459. The van der Waals surface area contributed by atoms with Gasteiger partial charge in [0.05, 0.1) is 17.5 Å². The highest BCUT2D eigenvalue weighted by molar-refractivity contribution is 6.22. The molecule has 5 aliphatic rings. The molecule has 4 aliphatic carbocycles. The number of hydrogen-bond acceptors (Lipinski definition) is 4. The van der Waals surface area contributed by atoms with E-state index in [-0.39, 0.29) is 47.2 Å². The Balaban J connectivity index is 1.21. The lowest BCUT2D eigenvalue weighted by molar-refractivity contribution is -0.124. The van der Waals surface area contributed by atoms with Gasteiger partial charge in [0.15, 0.2) is 5.78 Å². The first kappa shape index (κ1) is 19.2. The van der Waals surface area contributed by atoms with E-state index in [2.05, 4.69) is 17.5 Å². The third-order valence-corrected chi connectivity index (χ3v) is 7.58. The van der Waals surface area contributed by atoms with Crippen LogP contribution in [0.3, 0.4) is 0 Å². The molecule has 6 heteroatoms. The third-order valence-electron chi connectivity index (χ3n) is 7.58. The Bertz CT molecular complexity index is 1180. The fourth-order valence-corrected chi connectivity index (χ4v) is 5.99. The van der Waals surface area contributed by atoms with Crippen molar-refractivity contribution in [2.24, 2.45) is 35.5 Å². The first-order valence-electron chi connectivity index (χ1n) is 11.0. The summed E-state index contributed by atoms with van der Waals surface area (Å²) in [4.78, 5) is 52.0. The highest BCUT2D eigenvalue weighted by atomic mass is 16.2. The van der Waals surface area contributed by atoms with Gasteiger partial charge in [0, 0.05) is 16.8 Å². The lowest BCUT2D eigenvalue weighted by atomic mass is 9.63. The number of rotatable bonds is 4. The molecular formula is C26H22N2O4. The van der Waals surface area contributed by atoms with Crippen LogP contribution in [-0.2, 0) is 9.59 Å². The summed E-state index contributed by atoms with van der Waals surface area (Å²) >= 11 is 0. The molecule has 6 nitrogen and oxygen atoms in total. The van der Waals surface area contributed by atoms with Crippen LogP contribution in [0.5, 0.6) is 0 Å². The second-order valence-corrected chi connectivity index (χ2v) is 9.30.